The Hall–Kier alpha value is -2.17. The fourth-order valence-electron chi connectivity index (χ4n) is 2.50. The van der Waals surface area contributed by atoms with Crippen LogP contribution in [0.4, 0.5) is 0 Å². The van der Waals surface area contributed by atoms with Crippen molar-refractivity contribution in [3.8, 4) is 11.4 Å². The van der Waals surface area contributed by atoms with Gasteiger partial charge < -0.3 is 0 Å². The van der Waals surface area contributed by atoms with Crippen molar-refractivity contribution in [1.29, 1.82) is 0 Å². The maximum atomic E-state index is 12.6. The molecule has 0 N–H and O–H groups in total. The zero-order chi connectivity index (χ0) is 18.5. The predicted molar refractivity (Wildman–Crippen MR) is 96.6 cm³/mol. The van der Waals surface area contributed by atoms with Crippen LogP contribution < -0.4 is 0 Å². The Labute approximate surface area is 144 Å². The Morgan fingerprint density at radius 2 is 1.29 bits per heavy atom. The molecule has 5 heteroatoms. The molecule has 130 valence electrons. The van der Waals surface area contributed by atoms with E-state index in [2.05, 4.69) is 20.4 Å². The van der Waals surface area contributed by atoms with Crippen molar-refractivity contribution in [2.24, 2.45) is 5.41 Å². The first kappa shape index (κ1) is 19.9. The number of ketones is 1. The molecule has 0 amide bonds. The molecule has 5 nitrogen and oxygen atoms in total. The van der Waals surface area contributed by atoms with E-state index in [1.165, 1.54) is 0 Å². The number of benzene rings is 1. The molecule has 24 heavy (non-hydrogen) atoms. The number of carbonyl (C=O) groups excluding carboxylic acids is 1. The Morgan fingerprint density at radius 3 is 1.71 bits per heavy atom. The quantitative estimate of drug-likeness (QED) is 0.846. The van der Waals surface area contributed by atoms with Crippen LogP contribution in [0.5, 0.6) is 0 Å². The van der Waals surface area contributed by atoms with Gasteiger partial charge in [-0.3, -0.25) is 4.79 Å². The summed E-state index contributed by atoms with van der Waals surface area (Å²) in [5, 5.41) is 15.9. The van der Waals surface area contributed by atoms with Gasteiger partial charge in [0.1, 0.15) is 5.78 Å². The molecular weight excluding hydrogens is 300 g/mol. The highest BCUT2D eigenvalue weighted by Gasteiger charge is 2.37. The van der Waals surface area contributed by atoms with Gasteiger partial charge in [-0.05, 0) is 26.3 Å². The molecule has 0 saturated carbocycles. The van der Waals surface area contributed by atoms with E-state index in [0.717, 1.165) is 11.1 Å². The van der Waals surface area contributed by atoms with Gasteiger partial charge in [0.05, 0.1) is 0 Å². The summed E-state index contributed by atoms with van der Waals surface area (Å²) in [6.07, 6.45) is 0. The second kappa shape index (κ2) is 7.60. The van der Waals surface area contributed by atoms with Crippen LogP contribution in [0.25, 0.3) is 11.4 Å². The predicted octanol–water partition coefficient (Wildman–Crippen LogP) is 4.16. The van der Waals surface area contributed by atoms with Gasteiger partial charge in [0.25, 0.3) is 0 Å². The molecule has 1 heterocycles. The van der Waals surface area contributed by atoms with Gasteiger partial charge in [-0.1, -0.05) is 58.9 Å². The molecule has 0 fully saturated rings. The number of rotatable bonds is 3. The molecule has 0 saturated heterocycles. The number of aryl methyl sites for hydroxylation is 1. The third-order valence-electron chi connectivity index (χ3n) is 3.69. The summed E-state index contributed by atoms with van der Waals surface area (Å²) in [5.41, 5.74) is 0.893. The van der Waals surface area contributed by atoms with Crippen molar-refractivity contribution >= 4 is 5.78 Å². The van der Waals surface area contributed by atoms with E-state index in [4.69, 9.17) is 0 Å². The number of hydrogen-bond acceptors (Lipinski definition) is 5. The van der Waals surface area contributed by atoms with Crippen LogP contribution in [-0.2, 0) is 10.2 Å². The first-order chi connectivity index (χ1) is 11.1. The lowest BCUT2D eigenvalue weighted by atomic mass is 9.71. The van der Waals surface area contributed by atoms with Gasteiger partial charge in [-0.25, -0.2) is 0 Å². The van der Waals surface area contributed by atoms with E-state index >= 15 is 0 Å². The molecule has 1 aromatic heterocycles. The maximum absolute atomic E-state index is 12.6. The van der Waals surface area contributed by atoms with Crippen LogP contribution in [0.15, 0.2) is 24.3 Å². The van der Waals surface area contributed by atoms with Crippen LogP contribution in [0.1, 0.15) is 59.9 Å². The Balaban J connectivity index is 0.00000139. The lowest BCUT2D eigenvalue weighted by Gasteiger charge is -2.31. The third-order valence-corrected chi connectivity index (χ3v) is 3.69. The normalized spacial score (nSPS) is 11.5. The number of carbonyl (C=O) groups is 1. The van der Waals surface area contributed by atoms with Gasteiger partial charge in [-0.15, -0.1) is 20.4 Å². The molecule has 0 radical (unpaired) electrons. The molecule has 2 rings (SSSR count). The maximum Gasteiger partial charge on any atom is 0.203 e. The second-order valence-corrected chi connectivity index (χ2v) is 7.05. The molecule has 0 aliphatic rings. The van der Waals surface area contributed by atoms with Crippen LogP contribution >= 0.6 is 0 Å². The van der Waals surface area contributed by atoms with Crippen molar-refractivity contribution in [1.82, 2.24) is 20.4 Å². The highest BCUT2D eigenvalue weighted by atomic mass is 16.1. The summed E-state index contributed by atoms with van der Waals surface area (Å²) in [5.74, 6) is 1.23. The fraction of sp³-hybridized carbons (Fsp3) is 0.526. The lowest BCUT2D eigenvalue weighted by molar-refractivity contribution is -0.131. The average molecular weight is 328 g/mol. The Bertz CT molecular complexity index is 668. The van der Waals surface area contributed by atoms with E-state index in [1.54, 1.807) is 6.92 Å². The average Bonchev–Trinajstić information content (AvgIpc) is 2.56. The van der Waals surface area contributed by atoms with Crippen LogP contribution in [0.3, 0.4) is 0 Å². The summed E-state index contributed by atoms with van der Waals surface area (Å²) >= 11 is 0. The van der Waals surface area contributed by atoms with Gasteiger partial charge in [0.15, 0.2) is 5.82 Å². The standard InChI is InChI=1S/C17H22N4O.C2H6/c1-11-18-20-14(21-19-11)12-7-9-13(10-8-12)17(5,6)15(22)16(2,3)4;1-2/h7-10H,1-6H3;1-2H3. The van der Waals surface area contributed by atoms with E-state index in [-0.39, 0.29) is 11.2 Å². The smallest absolute Gasteiger partial charge is 0.203 e. The fourth-order valence-corrected chi connectivity index (χ4v) is 2.50. The third kappa shape index (κ3) is 4.43. The monoisotopic (exact) mass is 328 g/mol. The molecule has 0 atom stereocenters. The molecule has 0 aliphatic carbocycles. The topological polar surface area (TPSA) is 68.6 Å². The SMILES string of the molecule is CC.Cc1nnc(-c2ccc(C(C)(C)C(=O)C(C)(C)C)cc2)nn1. The van der Waals surface area contributed by atoms with E-state index in [9.17, 15) is 4.79 Å². The molecule has 2 aromatic rings. The van der Waals surface area contributed by atoms with Gasteiger partial charge in [0.2, 0.25) is 5.82 Å². The first-order valence-corrected chi connectivity index (χ1v) is 8.32. The molecule has 0 spiro atoms. The van der Waals surface area contributed by atoms with Crippen molar-refractivity contribution in [2.45, 2.75) is 60.8 Å². The Kier molecular flexibility index (Phi) is 6.29. The van der Waals surface area contributed by atoms with Crippen molar-refractivity contribution in [3.63, 3.8) is 0 Å². The number of aromatic nitrogens is 4. The zero-order valence-electron chi connectivity index (χ0n) is 16.0. The van der Waals surface area contributed by atoms with E-state index in [1.807, 2.05) is 72.7 Å². The van der Waals surface area contributed by atoms with Gasteiger partial charge >= 0.3 is 0 Å². The van der Waals surface area contributed by atoms with E-state index < -0.39 is 5.41 Å². The summed E-state index contributed by atoms with van der Waals surface area (Å²) < 4.78 is 0. The van der Waals surface area contributed by atoms with E-state index in [0.29, 0.717) is 11.6 Å². The highest BCUT2D eigenvalue weighted by Crippen LogP contribution is 2.33. The second-order valence-electron chi connectivity index (χ2n) is 7.05. The molecule has 0 bridgehead atoms. The van der Waals surface area contributed by atoms with Crippen molar-refractivity contribution in [3.05, 3.63) is 35.7 Å². The molecule has 0 aliphatic heterocycles. The lowest BCUT2D eigenvalue weighted by Crippen LogP contribution is -2.38. The van der Waals surface area contributed by atoms with Crippen molar-refractivity contribution < 1.29 is 4.79 Å². The zero-order valence-corrected chi connectivity index (χ0v) is 16.0. The first-order valence-electron chi connectivity index (χ1n) is 8.32. The molecule has 1 aromatic carbocycles. The van der Waals surface area contributed by atoms with Crippen LogP contribution in [0, 0.1) is 12.3 Å². The summed E-state index contributed by atoms with van der Waals surface area (Å²) in [6, 6.07) is 7.70. The Morgan fingerprint density at radius 1 is 0.833 bits per heavy atom. The minimum atomic E-state index is -0.540. The largest absolute Gasteiger partial charge is 0.298 e. The van der Waals surface area contributed by atoms with Gasteiger partial charge in [-0.2, -0.15) is 0 Å². The summed E-state index contributed by atoms with van der Waals surface area (Å²) in [4.78, 5) is 12.6. The summed E-state index contributed by atoms with van der Waals surface area (Å²) in [7, 11) is 0. The van der Waals surface area contributed by atoms with Crippen molar-refractivity contribution in [2.75, 3.05) is 0 Å². The summed E-state index contributed by atoms with van der Waals surface area (Å²) in [6.45, 7) is 15.5. The number of nitrogens with zero attached hydrogens (tertiary/aromatic N) is 4. The van der Waals surface area contributed by atoms with Crippen LogP contribution in [0.2, 0.25) is 0 Å². The van der Waals surface area contributed by atoms with Crippen LogP contribution in [-0.4, -0.2) is 26.2 Å². The minimum Gasteiger partial charge on any atom is -0.298 e. The number of hydrogen-bond donors (Lipinski definition) is 0. The van der Waals surface area contributed by atoms with Gasteiger partial charge in [0, 0.05) is 16.4 Å². The number of Topliss-reactive ketones (excluding diaryl/α,β-unsaturated/α-hetero) is 1. The highest BCUT2D eigenvalue weighted by molar-refractivity contribution is 5.93. The molecule has 0 unspecified atom stereocenters. The minimum absolute atomic E-state index is 0.211. The molecular formula is C19H28N4O.